The van der Waals surface area contributed by atoms with Crippen LogP contribution in [0.15, 0.2) is 24.5 Å². The standard InChI is InChI=1S/C13H20N4O/c1-10(14)13(11-2-5-15-6-3-11)17-8-4-12(18)16-7-9-17/h2-3,5-6,10,13H,4,7-9,14H2,1H3,(H,16,18). The largest absolute Gasteiger partial charge is 0.355 e. The molecule has 1 saturated heterocycles. The summed E-state index contributed by atoms with van der Waals surface area (Å²) in [4.78, 5) is 17.7. The second-order valence-electron chi connectivity index (χ2n) is 4.72. The Morgan fingerprint density at radius 1 is 1.39 bits per heavy atom. The van der Waals surface area contributed by atoms with Crippen molar-refractivity contribution in [3.63, 3.8) is 0 Å². The lowest BCUT2D eigenvalue weighted by atomic mass is 10.00. The van der Waals surface area contributed by atoms with E-state index in [1.165, 1.54) is 0 Å². The van der Waals surface area contributed by atoms with Crippen molar-refractivity contribution in [2.45, 2.75) is 25.4 Å². The summed E-state index contributed by atoms with van der Waals surface area (Å²) in [6, 6.07) is 4.14. The highest BCUT2D eigenvalue weighted by atomic mass is 16.1. The predicted octanol–water partition coefficient (Wildman–Crippen LogP) is 0.292. The Labute approximate surface area is 107 Å². The molecule has 2 atom stereocenters. The van der Waals surface area contributed by atoms with Gasteiger partial charge < -0.3 is 11.1 Å². The second-order valence-corrected chi connectivity index (χ2v) is 4.72. The van der Waals surface area contributed by atoms with Gasteiger partial charge in [-0.05, 0) is 24.6 Å². The highest BCUT2D eigenvalue weighted by Gasteiger charge is 2.25. The summed E-state index contributed by atoms with van der Waals surface area (Å²) in [6.45, 7) is 4.28. The van der Waals surface area contributed by atoms with E-state index in [0.717, 1.165) is 18.7 Å². The van der Waals surface area contributed by atoms with Crippen molar-refractivity contribution in [2.24, 2.45) is 5.73 Å². The van der Waals surface area contributed by atoms with Crippen molar-refractivity contribution in [1.82, 2.24) is 15.2 Å². The molecule has 1 aliphatic rings. The summed E-state index contributed by atoms with van der Waals surface area (Å²) in [7, 11) is 0. The number of carbonyl (C=O) groups excluding carboxylic acids is 1. The number of nitrogens with one attached hydrogen (secondary N) is 1. The van der Waals surface area contributed by atoms with Gasteiger partial charge in [0, 0.05) is 50.5 Å². The number of hydrogen-bond donors (Lipinski definition) is 2. The Bertz CT molecular complexity index is 393. The van der Waals surface area contributed by atoms with E-state index >= 15 is 0 Å². The number of carbonyl (C=O) groups is 1. The molecule has 0 aliphatic carbocycles. The van der Waals surface area contributed by atoms with Gasteiger partial charge in [-0.2, -0.15) is 0 Å². The Kier molecular flexibility index (Phi) is 4.28. The first kappa shape index (κ1) is 13.0. The molecule has 0 spiro atoms. The smallest absolute Gasteiger partial charge is 0.221 e. The molecule has 5 nitrogen and oxygen atoms in total. The summed E-state index contributed by atoms with van der Waals surface area (Å²) >= 11 is 0. The molecule has 1 fully saturated rings. The van der Waals surface area contributed by atoms with E-state index in [9.17, 15) is 4.79 Å². The van der Waals surface area contributed by atoms with Crippen molar-refractivity contribution in [3.8, 4) is 0 Å². The third-order valence-corrected chi connectivity index (χ3v) is 3.29. The molecule has 2 rings (SSSR count). The van der Waals surface area contributed by atoms with Crippen molar-refractivity contribution in [1.29, 1.82) is 0 Å². The van der Waals surface area contributed by atoms with E-state index in [1.54, 1.807) is 12.4 Å². The molecule has 0 bridgehead atoms. The molecular formula is C13H20N4O. The van der Waals surface area contributed by atoms with Gasteiger partial charge in [0.2, 0.25) is 5.91 Å². The predicted molar refractivity (Wildman–Crippen MR) is 69.8 cm³/mol. The van der Waals surface area contributed by atoms with E-state index in [4.69, 9.17) is 5.73 Å². The lowest BCUT2D eigenvalue weighted by Gasteiger charge is -2.33. The van der Waals surface area contributed by atoms with Gasteiger partial charge in [-0.15, -0.1) is 0 Å². The summed E-state index contributed by atoms with van der Waals surface area (Å²) in [5, 5.41) is 2.89. The first-order valence-corrected chi connectivity index (χ1v) is 6.34. The number of nitrogens with two attached hydrogens (primary N) is 1. The fraction of sp³-hybridized carbons (Fsp3) is 0.538. The molecule has 18 heavy (non-hydrogen) atoms. The highest BCUT2D eigenvalue weighted by Crippen LogP contribution is 2.23. The van der Waals surface area contributed by atoms with Crippen LogP contribution in [0.5, 0.6) is 0 Å². The Morgan fingerprint density at radius 3 is 2.78 bits per heavy atom. The van der Waals surface area contributed by atoms with Crippen LogP contribution in [0, 0.1) is 0 Å². The zero-order valence-electron chi connectivity index (χ0n) is 10.7. The molecule has 1 aromatic heterocycles. The average Bonchev–Trinajstić information content (AvgIpc) is 2.56. The third kappa shape index (κ3) is 3.05. The number of rotatable bonds is 3. The number of aromatic nitrogens is 1. The van der Waals surface area contributed by atoms with Crippen LogP contribution in [0.25, 0.3) is 0 Å². The van der Waals surface area contributed by atoms with Gasteiger partial charge in [0.1, 0.15) is 0 Å². The quantitative estimate of drug-likeness (QED) is 0.806. The van der Waals surface area contributed by atoms with Gasteiger partial charge in [0.15, 0.2) is 0 Å². The highest BCUT2D eigenvalue weighted by molar-refractivity contribution is 5.76. The normalized spacial score (nSPS) is 20.9. The van der Waals surface area contributed by atoms with Crippen LogP contribution in [0.1, 0.15) is 24.9 Å². The minimum atomic E-state index is 0.0144. The molecule has 2 heterocycles. The van der Waals surface area contributed by atoms with Crippen LogP contribution in [0.2, 0.25) is 0 Å². The van der Waals surface area contributed by atoms with Crippen LogP contribution in [-0.4, -0.2) is 41.5 Å². The summed E-state index contributed by atoms with van der Waals surface area (Å²) in [5.41, 5.74) is 7.28. The van der Waals surface area contributed by atoms with E-state index in [-0.39, 0.29) is 18.0 Å². The summed E-state index contributed by atoms with van der Waals surface area (Å²) in [6.07, 6.45) is 4.10. The monoisotopic (exact) mass is 248 g/mol. The SMILES string of the molecule is CC(N)C(c1ccncc1)N1CCNC(=O)CC1. The molecule has 1 amide bonds. The van der Waals surface area contributed by atoms with Gasteiger partial charge in [0.05, 0.1) is 0 Å². The maximum Gasteiger partial charge on any atom is 0.221 e. The van der Waals surface area contributed by atoms with Crippen molar-refractivity contribution < 1.29 is 4.79 Å². The molecule has 5 heteroatoms. The Morgan fingerprint density at radius 2 is 2.11 bits per heavy atom. The number of nitrogens with zero attached hydrogens (tertiary/aromatic N) is 2. The van der Waals surface area contributed by atoms with Gasteiger partial charge in [-0.1, -0.05) is 0 Å². The molecule has 0 aromatic carbocycles. The third-order valence-electron chi connectivity index (χ3n) is 3.29. The second kappa shape index (κ2) is 5.93. The fourth-order valence-electron chi connectivity index (χ4n) is 2.47. The average molecular weight is 248 g/mol. The molecule has 1 aromatic rings. The molecule has 1 aliphatic heterocycles. The van der Waals surface area contributed by atoms with Crippen LogP contribution < -0.4 is 11.1 Å². The van der Waals surface area contributed by atoms with E-state index in [2.05, 4.69) is 15.2 Å². The minimum absolute atomic E-state index is 0.0144. The van der Waals surface area contributed by atoms with E-state index in [0.29, 0.717) is 13.0 Å². The van der Waals surface area contributed by atoms with Gasteiger partial charge in [-0.25, -0.2) is 0 Å². The van der Waals surface area contributed by atoms with Crippen LogP contribution in [0.3, 0.4) is 0 Å². The van der Waals surface area contributed by atoms with Gasteiger partial charge in [0.25, 0.3) is 0 Å². The van der Waals surface area contributed by atoms with E-state index in [1.807, 2.05) is 19.1 Å². The molecule has 0 saturated carbocycles. The zero-order valence-corrected chi connectivity index (χ0v) is 10.7. The number of pyridine rings is 1. The molecule has 0 radical (unpaired) electrons. The fourth-order valence-corrected chi connectivity index (χ4v) is 2.47. The van der Waals surface area contributed by atoms with Crippen molar-refractivity contribution >= 4 is 5.91 Å². The summed E-state index contributed by atoms with van der Waals surface area (Å²) in [5.74, 6) is 0.121. The maximum absolute atomic E-state index is 11.4. The zero-order chi connectivity index (χ0) is 13.0. The van der Waals surface area contributed by atoms with Crippen LogP contribution >= 0.6 is 0 Å². The molecule has 3 N–H and O–H groups in total. The van der Waals surface area contributed by atoms with Crippen LogP contribution in [-0.2, 0) is 4.79 Å². The van der Waals surface area contributed by atoms with Crippen LogP contribution in [0.4, 0.5) is 0 Å². The molecular weight excluding hydrogens is 228 g/mol. The Hall–Kier alpha value is -1.46. The Balaban J connectivity index is 2.17. The lowest BCUT2D eigenvalue weighted by molar-refractivity contribution is -0.120. The maximum atomic E-state index is 11.4. The summed E-state index contributed by atoms with van der Waals surface area (Å²) < 4.78 is 0. The number of hydrogen-bond acceptors (Lipinski definition) is 4. The van der Waals surface area contributed by atoms with Crippen molar-refractivity contribution in [3.05, 3.63) is 30.1 Å². The lowest BCUT2D eigenvalue weighted by Crippen LogP contribution is -2.41. The topological polar surface area (TPSA) is 71.2 Å². The van der Waals surface area contributed by atoms with E-state index < -0.39 is 0 Å². The molecule has 98 valence electrons. The van der Waals surface area contributed by atoms with Gasteiger partial charge in [-0.3, -0.25) is 14.7 Å². The van der Waals surface area contributed by atoms with Gasteiger partial charge >= 0.3 is 0 Å². The molecule has 2 unspecified atom stereocenters. The first-order valence-electron chi connectivity index (χ1n) is 6.34. The minimum Gasteiger partial charge on any atom is -0.355 e. The van der Waals surface area contributed by atoms with Crippen molar-refractivity contribution in [2.75, 3.05) is 19.6 Å². The first-order chi connectivity index (χ1) is 8.68. The number of amides is 1.